The molecule has 0 atom stereocenters. The summed E-state index contributed by atoms with van der Waals surface area (Å²) >= 11 is 0. The largest absolute Gasteiger partial charge is 0.493 e. The molecule has 0 aliphatic heterocycles. The van der Waals surface area contributed by atoms with Crippen molar-refractivity contribution in [3.8, 4) is 17.2 Å². The standard InChI is InChI=1S/C23H26O7/c1-5-28-22(24)18(23(25)29-6-2)12-17-13-19(26-3)21(20(14-17)27-4)30-15-16-10-8-7-9-11-16/h7-14H,5-6,15H2,1-4H3. The van der Waals surface area contributed by atoms with Crippen molar-refractivity contribution < 1.29 is 33.3 Å². The summed E-state index contributed by atoms with van der Waals surface area (Å²) in [5.41, 5.74) is 1.25. The molecule has 0 fully saturated rings. The summed E-state index contributed by atoms with van der Waals surface area (Å²) in [5, 5.41) is 0. The minimum absolute atomic E-state index is 0.133. The maximum atomic E-state index is 12.2. The van der Waals surface area contributed by atoms with Crippen LogP contribution in [0.2, 0.25) is 0 Å². The van der Waals surface area contributed by atoms with Crippen molar-refractivity contribution in [1.82, 2.24) is 0 Å². The third kappa shape index (κ3) is 6.01. The Hall–Kier alpha value is -3.48. The second kappa shape index (κ2) is 11.5. The van der Waals surface area contributed by atoms with E-state index >= 15 is 0 Å². The van der Waals surface area contributed by atoms with Crippen molar-refractivity contribution in [2.45, 2.75) is 20.5 Å². The maximum absolute atomic E-state index is 12.2. The van der Waals surface area contributed by atoms with Crippen molar-refractivity contribution in [3.63, 3.8) is 0 Å². The van der Waals surface area contributed by atoms with Crippen molar-refractivity contribution in [3.05, 3.63) is 59.2 Å². The van der Waals surface area contributed by atoms with E-state index in [9.17, 15) is 9.59 Å². The van der Waals surface area contributed by atoms with Gasteiger partial charge in [-0.05, 0) is 43.2 Å². The first-order valence-corrected chi connectivity index (χ1v) is 9.52. The van der Waals surface area contributed by atoms with Crippen LogP contribution in [0, 0.1) is 0 Å². The topological polar surface area (TPSA) is 80.3 Å². The predicted molar refractivity (Wildman–Crippen MR) is 112 cm³/mol. The highest BCUT2D eigenvalue weighted by Crippen LogP contribution is 2.39. The normalized spacial score (nSPS) is 10.0. The van der Waals surface area contributed by atoms with Gasteiger partial charge in [0.1, 0.15) is 12.2 Å². The van der Waals surface area contributed by atoms with Crippen LogP contribution in [-0.4, -0.2) is 39.4 Å². The molecule has 2 aromatic carbocycles. The van der Waals surface area contributed by atoms with Crippen LogP contribution in [0.15, 0.2) is 48.0 Å². The summed E-state index contributed by atoms with van der Waals surface area (Å²) < 4.78 is 26.8. The molecule has 0 amide bonds. The number of esters is 2. The SMILES string of the molecule is CCOC(=O)C(=Cc1cc(OC)c(OCc2ccccc2)c(OC)c1)C(=O)OCC. The Kier molecular flexibility index (Phi) is 8.75. The molecule has 0 heterocycles. The minimum atomic E-state index is -0.765. The molecule has 2 rings (SSSR count). The summed E-state index contributed by atoms with van der Waals surface area (Å²) in [6.45, 7) is 3.90. The van der Waals surface area contributed by atoms with E-state index < -0.39 is 11.9 Å². The van der Waals surface area contributed by atoms with Crippen LogP contribution in [0.1, 0.15) is 25.0 Å². The number of hydrogen-bond acceptors (Lipinski definition) is 7. The molecule has 160 valence electrons. The highest BCUT2D eigenvalue weighted by molar-refractivity contribution is 6.17. The molecule has 0 saturated carbocycles. The van der Waals surface area contributed by atoms with Crippen LogP contribution >= 0.6 is 0 Å². The molecule has 0 N–H and O–H groups in total. The van der Waals surface area contributed by atoms with Gasteiger partial charge in [0.2, 0.25) is 5.75 Å². The first-order chi connectivity index (χ1) is 14.5. The quantitative estimate of drug-likeness (QED) is 0.253. The predicted octanol–water partition coefficient (Wildman–Crippen LogP) is 3.79. The van der Waals surface area contributed by atoms with Crippen molar-refractivity contribution in [1.29, 1.82) is 0 Å². The average Bonchev–Trinajstić information content (AvgIpc) is 2.76. The van der Waals surface area contributed by atoms with E-state index in [1.54, 1.807) is 26.0 Å². The molecule has 0 unspecified atom stereocenters. The van der Waals surface area contributed by atoms with Gasteiger partial charge in [0.25, 0.3) is 0 Å². The smallest absolute Gasteiger partial charge is 0.345 e. The summed E-state index contributed by atoms with van der Waals surface area (Å²) in [7, 11) is 2.99. The van der Waals surface area contributed by atoms with Crippen LogP contribution in [0.25, 0.3) is 6.08 Å². The van der Waals surface area contributed by atoms with Gasteiger partial charge in [-0.25, -0.2) is 9.59 Å². The van der Waals surface area contributed by atoms with Gasteiger partial charge < -0.3 is 23.7 Å². The Morgan fingerprint density at radius 2 is 1.40 bits per heavy atom. The van der Waals surface area contributed by atoms with E-state index in [2.05, 4.69) is 0 Å². The minimum Gasteiger partial charge on any atom is -0.493 e. The van der Waals surface area contributed by atoms with Gasteiger partial charge in [-0.1, -0.05) is 30.3 Å². The van der Waals surface area contributed by atoms with Gasteiger partial charge in [0.15, 0.2) is 11.5 Å². The highest BCUT2D eigenvalue weighted by atomic mass is 16.6. The third-order valence-corrected chi connectivity index (χ3v) is 4.01. The molecule has 0 aliphatic carbocycles. The van der Waals surface area contributed by atoms with Crippen LogP contribution in [-0.2, 0) is 25.7 Å². The number of rotatable bonds is 10. The van der Waals surface area contributed by atoms with Crippen LogP contribution in [0.3, 0.4) is 0 Å². The van der Waals surface area contributed by atoms with Gasteiger partial charge in [0.05, 0.1) is 27.4 Å². The van der Waals surface area contributed by atoms with Gasteiger partial charge in [-0.3, -0.25) is 0 Å². The summed E-state index contributed by atoms with van der Waals surface area (Å²) in [5.74, 6) is -0.335. The summed E-state index contributed by atoms with van der Waals surface area (Å²) in [6.07, 6.45) is 1.38. The molecule has 7 heteroatoms. The number of ether oxygens (including phenoxy) is 5. The van der Waals surface area contributed by atoms with E-state index in [0.29, 0.717) is 29.4 Å². The lowest BCUT2D eigenvalue weighted by molar-refractivity contribution is -0.146. The van der Waals surface area contributed by atoms with Crippen molar-refractivity contribution in [2.75, 3.05) is 27.4 Å². The number of benzene rings is 2. The molecule has 0 saturated heterocycles. The van der Waals surface area contributed by atoms with Gasteiger partial charge in [0, 0.05) is 0 Å². The number of methoxy groups -OCH3 is 2. The lowest BCUT2D eigenvalue weighted by Gasteiger charge is -2.16. The molecule has 7 nitrogen and oxygen atoms in total. The molecule has 30 heavy (non-hydrogen) atoms. The fraction of sp³-hybridized carbons (Fsp3) is 0.304. The molecule has 0 bridgehead atoms. The fourth-order valence-electron chi connectivity index (χ4n) is 2.64. The molecule has 0 aliphatic rings. The molecule has 0 radical (unpaired) electrons. The Balaban J connectivity index is 2.41. The van der Waals surface area contributed by atoms with E-state index in [1.165, 1.54) is 20.3 Å². The van der Waals surface area contributed by atoms with Gasteiger partial charge in [-0.15, -0.1) is 0 Å². The number of carbonyl (C=O) groups excluding carboxylic acids is 2. The Labute approximate surface area is 176 Å². The monoisotopic (exact) mass is 414 g/mol. The number of carbonyl (C=O) groups is 2. The zero-order valence-corrected chi connectivity index (χ0v) is 17.6. The Morgan fingerprint density at radius 1 is 0.867 bits per heavy atom. The summed E-state index contributed by atoms with van der Waals surface area (Å²) in [6, 6.07) is 12.9. The zero-order valence-electron chi connectivity index (χ0n) is 17.6. The van der Waals surface area contributed by atoms with Gasteiger partial charge in [-0.2, -0.15) is 0 Å². The molecule has 0 spiro atoms. The first kappa shape index (κ1) is 22.8. The Bertz CT molecular complexity index is 843. The highest BCUT2D eigenvalue weighted by Gasteiger charge is 2.22. The van der Waals surface area contributed by atoms with Crippen molar-refractivity contribution in [2.24, 2.45) is 0 Å². The molecule has 0 aromatic heterocycles. The Morgan fingerprint density at radius 3 is 1.87 bits per heavy atom. The molecule has 2 aromatic rings. The van der Waals surface area contributed by atoms with E-state index in [-0.39, 0.29) is 18.8 Å². The maximum Gasteiger partial charge on any atom is 0.345 e. The van der Waals surface area contributed by atoms with Crippen LogP contribution in [0.4, 0.5) is 0 Å². The van der Waals surface area contributed by atoms with Crippen molar-refractivity contribution >= 4 is 18.0 Å². The lowest BCUT2D eigenvalue weighted by Crippen LogP contribution is -2.18. The number of hydrogen-bond donors (Lipinski definition) is 0. The van der Waals surface area contributed by atoms with Crippen LogP contribution in [0.5, 0.6) is 17.2 Å². The van der Waals surface area contributed by atoms with E-state index in [4.69, 9.17) is 23.7 Å². The average molecular weight is 414 g/mol. The van der Waals surface area contributed by atoms with E-state index in [1.807, 2.05) is 30.3 Å². The molecular formula is C23H26O7. The first-order valence-electron chi connectivity index (χ1n) is 9.52. The zero-order chi connectivity index (χ0) is 21.9. The third-order valence-electron chi connectivity index (χ3n) is 4.01. The fourth-order valence-corrected chi connectivity index (χ4v) is 2.64. The van der Waals surface area contributed by atoms with Gasteiger partial charge >= 0.3 is 11.9 Å². The molecular weight excluding hydrogens is 388 g/mol. The lowest BCUT2D eigenvalue weighted by atomic mass is 10.1. The second-order valence-electron chi connectivity index (χ2n) is 6.03. The second-order valence-corrected chi connectivity index (χ2v) is 6.03. The van der Waals surface area contributed by atoms with E-state index in [0.717, 1.165) is 5.56 Å². The van der Waals surface area contributed by atoms with Crippen LogP contribution < -0.4 is 14.2 Å². The summed E-state index contributed by atoms with van der Waals surface area (Å²) in [4.78, 5) is 24.4.